The summed E-state index contributed by atoms with van der Waals surface area (Å²) in [5, 5.41) is 0. The van der Waals surface area contributed by atoms with Gasteiger partial charge in [0.1, 0.15) is 13.2 Å². The minimum absolute atomic E-state index is 0.0617. The SMILES string of the molecule is CCCCCCCCCCCCCCCCC(=O)OC[C@H](COC(=O)CCCCCCCCCCCCCCCCC(C)CC)OC(=O)CCCCCCCCCCCCCCCCCCCCC(C)CC. The molecule has 3 atom stereocenters. The molecule has 0 aliphatic rings. The van der Waals surface area contributed by atoms with E-state index in [9.17, 15) is 14.4 Å². The van der Waals surface area contributed by atoms with Crippen LogP contribution >= 0.6 is 0 Å². The van der Waals surface area contributed by atoms with Crippen LogP contribution in [0.15, 0.2) is 0 Å². The van der Waals surface area contributed by atoms with Gasteiger partial charge >= 0.3 is 17.9 Å². The lowest BCUT2D eigenvalue weighted by molar-refractivity contribution is -0.167. The fourth-order valence-corrected chi connectivity index (χ4v) is 10.2. The molecule has 0 heterocycles. The molecule has 428 valence electrons. The van der Waals surface area contributed by atoms with Gasteiger partial charge < -0.3 is 14.2 Å². The highest BCUT2D eigenvalue weighted by molar-refractivity contribution is 5.71. The van der Waals surface area contributed by atoms with Crippen LogP contribution in [-0.4, -0.2) is 37.2 Å². The van der Waals surface area contributed by atoms with E-state index < -0.39 is 6.10 Å². The highest BCUT2D eigenvalue weighted by Crippen LogP contribution is 2.20. The maximum Gasteiger partial charge on any atom is 0.306 e. The Bertz CT molecular complexity index is 1110. The molecule has 2 unspecified atom stereocenters. The second-order valence-corrected chi connectivity index (χ2v) is 23.2. The molecule has 0 saturated carbocycles. The Morgan fingerprint density at radius 2 is 0.486 bits per heavy atom. The van der Waals surface area contributed by atoms with E-state index in [1.165, 1.54) is 263 Å². The number of esters is 3. The van der Waals surface area contributed by atoms with Crippen LogP contribution in [0.5, 0.6) is 0 Å². The van der Waals surface area contributed by atoms with Crippen molar-refractivity contribution in [3.8, 4) is 0 Å². The molecule has 72 heavy (non-hydrogen) atoms. The lowest BCUT2D eigenvalue weighted by atomic mass is 9.99. The number of carbonyl (C=O) groups excluding carboxylic acids is 3. The molecular formula is C66H128O6. The van der Waals surface area contributed by atoms with Crippen LogP contribution in [0.3, 0.4) is 0 Å². The van der Waals surface area contributed by atoms with E-state index in [4.69, 9.17) is 14.2 Å². The van der Waals surface area contributed by atoms with E-state index >= 15 is 0 Å². The zero-order valence-electron chi connectivity index (χ0n) is 49.6. The summed E-state index contributed by atoms with van der Waals surface area (Å²) in [5.41, 5.74) is 0. The monoisotopic (exact) mass is 1020 g/mol. The number of hydrogen-bond donors (Lipinski definition) is 0. The maximum absolute atomic E-state index is 12.9. The Kier molecular flexibility index (Phi) is 57.4. The topological polar surface area (TPSA) is 78.9 Å². The van der Waals surface area contributed by atoms with Gasteiger partial charge in [-0.3, -0.25) is 14.4 Å². The van der Waals surface area contributed by atoms with Gasteiger partial charge in [0, 0.05) is 19.3 Å². The van der Waals surface area contributed by atoms with Crippen LogP contribution in [0.4, 0.5) is 0 Å². The van der Waals surface area contributed by atoms with E-state index in [-0.39, 0.29) is 31.1 Å². The maximum atomic E-state index is 12.9. The van der Waals surface area contributed by atoms with Gasteiger partial charge in [-0.05, 0) is 31.1 Å². The Morgan fingerprint density at radius 1 is 0.278 bits per heavy atom. The van der Waals surface area contributed by atoms with Crippen molar-refractivity contribution >= 4 is 17.9 Å². The quantitative estimate of drug-likeness (QED) is 0.0343. The van der Waals surface area contributed by atoms with Gasteiger partial charge in [-0.1, -0.05) is 336 Å². The van der Waals surface area contributed by atoms with E-state index in [1.807, 2.05) is 0 Å². The van der Waals surface area contributed by atoms with Crippen LogP contribution in [0.1, 0.15) is 375 Å². The molecule has 6 heteroatoms. The molecule has 0 radical (unpaired) electrons. The standard InChI is InChI=1S/C66H128O6/c1-6-9-10-11-12-13-14-15-26-31-36-41-46-51-56-64(67)70-59-63(60-71-65(68)57-52-47-42-37-32-27-23-22-25-30-35-40-45-50-55-62(5)8-3)72-66(69)58-53-48-43-38-33-28-21-19-17-16-18-20-24-29-34-39-44-49-54-61(4)7-2/h61-63H,6-60H2,1-5H3/t61?,62?,63-/m1/s1. The average molecular weight is 1020 g/mol. The predicted molar refractivity (Wildman–Crippen MR) is 312 cm³/mol. The van der Waals surface area contributed by atoms with Crippen molar-refractivity contribution in [2.24, 2.45) is 11.8 Å². The second kappa shape index (κ2) is 58.7. The van der Waals surface area contributed by atoms with Crippen LogP contribution in [0, 0.1) is 11.8 Å². The Morgan fingerprint density at radius 3 is 0.722 bits per heavy atom. The molecule has 0 aromatic rings. The van der Waals surface area contributed by atoms with Crippen molar-refractivity contribution < 1.29 is 28.6 Å². The Hall–Kier alpha value is -1.59. The van der Waals surface area contributed by atoms with Crippen LogP contribution < -0.4 is 0 Å². The van der Waals surface area contributed by atoms with Crippen molar-refractivity contribution in [1.29, 1.82) is 0 Å². The third-order valence-electron chi connectivity index (χ3n) is 15.9. The molecule has 0 N–H and O–H groups in total. The molecular weight excluding hydrogens is 889 g/mol. The molecule has 0 spiro atoms. The minimum Gasteiger partial charge on any atom is -0.462 e. The number of unbranched alkanes of at least 4 members (excludes halogenated alkanes) is 43. The molecule has 6 nitrogen and oxygen atoms in total. The summed E-state index contributed by atoms with van der Waals surface area (Å²) in [6.07, 6.45) is 65.2. The lowest BCUT2D eigenvalue weighted by Gasteiger charge is -2.18. The van der Waals surface area contributed by atoms with Gasteiger partial charge in [0.05, 0.1) is 0 Å². The van der Waals surface area contributed by atoms with Gasteiger partial charge in [0.2, 0.25) is 0 Å². The van der Waals surface area contributed by atoms with Gasteiger partial charge in [-0.25, -0.2) is 0 Å². The van der Waals surface area contributed by atoms with Crippen molar-refractivity contribution in [3.63, 3.8) is 0 Å². The van der Waals surface area contributed by atoms with E-state index in [0.717, 1.165) is 69.6 Å². The smallest absolute Gasteiger partial charge is 0.306 e. The first-order valence-corrected chi connectivity index (χ1v) is 32.8. The van der Waals surface area contributed by atoms with Crippen LogP contribution in [0.25, 0.3) is 0 Å². The zero-order valence-corrected chi connectivity index (χ0v) is 49.6. The molecule has 0 aromatic carbocycles. The summed E-state index contributed by atoms with van der Waals surface area (Å²) in [5.74, 6) is 0.975. The van der Waals surface area contributed by atoms with Crippen molar-refractivity contribution in [1.82, 2.24) is 0 Å². The summed E-state index contributed by atoms with van der Waals surface area (Å²) in [7, 11) is 0. The first-order chi connectivity index (χ1) is 35.3. The number of carbonyl (C=O) groups is 3. The predicted octanol–water partition coefficient (Wildman–Crippen LogP) is 22.0. The fraction of sp³-hybridized carbons (Fsp3) is 0.955. The highest BCUT2D eigenvalue weighted by atomic mass is 16.6. The number of rotatable bonds is 60. The first-order valence-electron chi connectivity index (χ1n) is 32.8. The summed E-state index contributed by atoms with van der Waals surface area (Å²) in [4.78, 5) is 38.3. The molecule has 0 bridgehead atoms. The average Bonchev–Trinajstić information content (AvgIpc) is 3.38. The van der Waals surface area contributed by atoms with Crippen LogP contribution in [0.2, 0.25) is 0 Å². The van der Waals surface area contributed by atoms with E-state index in [1.54, 1.807) is 0 Å². The largest absolute Gasteiger partial charge is 0.462 e. The number of ether oxygens (including phenoxy) is 3. The third kappa shape index (κ3) is 56.1. The third-order valence-corrected chi connectivity index (χ3v) is 15.9. The molecule has 0 saturated heterocycles. The van der Waals surface area contributed by atoms with Gasteiger partial charge in [0.15, 0.2) is 6.10 Å². The lowest BCUT2D eigenvalue weighted by Crippen LogP contribution is -2.30. The fourth-order valence-electron chi connectivity index (χ4n) is 10.2. The molecule has 0 aliphatic heterocycles. The highest BCUT2D eigenvalue weighted by Gasteiger charge is 2.19. The molecule has 0 fully saturated rings. The molecule has 0 aromatic heterocycles. The van der Waals surface area contributed by atoms with Crippen molar-refractivity contribution in [3.05, 3.63) is 0 Å². The second-order valence-electron chi connectivity index (χ2n) is 23.2. The minimum atomic E-state index is -0.764. The van der Waals surface area contributed by atoms with Gasteiger partial charge in [-0.15, -0.1) is 0 Å². The van der Waals surface area contributed by atoms with Gasteiger partial charge in [0.25, 0.3) is 0 Å². The van der Waals surface area contributed by atoms with Crippen LogP contribution in [-0.2, 0) is 28.6 Å². The van der Waals surface area contributed by atoms with E-state index in [2.05, 4.69) is 34.6 Å². The van der Waals surface area contributed by atoms with Gasteiger partial charge in [-0.2, -0.15) is 0 Å². The molecule has 0 aliphatic carbocycles. The van der Waals surface area contributed by atoms with Crippen molar-refractivity contribution in [2.45, 2.75) is 381 Å². The first kappa shape index (κ1) is 70.4. The van der Waals surface area contributed by atoms with E-state index in [0.29, 0.717) is 19.3 Å². The normalized spacial score (nSPS) is 12.8. The summed E-state index contributed by atoms with van der Waals surface area (Å²) in [6.45, 7) is 11.5. The zero-order chi connectivity index (χ0) is 52.5. The Labute approximate surface area is 450 Å². The number of hydrogen-bond acceptors (Lipinski definition) is 6. The van der Waals surface area contributed by atoms with Crippen molar-refractivity contribution in [2.75, 3.05) is 13.2 Å². The molecule has 0 rings (SSSR count). The summed E-state index contributed by atoms with van der Waals surface area (Å²) < 4.78 is 17.0. The summed E-state index contributed by atoms with van der Waals surface area (Å²) >= 11 is 0. The molecule has 0 amide bonds. The summed E-state index contributed by atoms with van der Waals surface area (Å²) in [6, 6.07) is 0. The Balaban J connectivity index is 4.26.